The predicted octanol–water partition coefficient (Wildman–Crippen LogP) is 1.00. The largest absolute Gasteiger partial charge is 0.481 e. The van der Waals surface area contributed by atoms with Crippen molar-refractivity contribution >= 4 is 23.4 Å². The zero-order valence-electron chi connectivity index (χ0n) is 11.4. The number of hydrogen-bond donors (Lipinski definition) is 3. The number of pyridine rings is 1. The van der Waals surface area contributed by atoms with E-state index in [0.717, 1.165) is 12.3 Å². The molecule has 9 nitrogen and oxygen atoms in total. The zero-order valence-corrected chi connectivity index (χ0v) is 11.4. The Balaban J connectivity index is 2.94. The number of carbonyl (C=O) groups excluding carboxylic acids is 1. The maximum absolute atomic E-state index is 11.3. The molecule has 9 heteroatoms. The van der Waals surface area contributed by atoms with E-state index in [1.807, 2.05) is 6.92 Å². The van der Waals surface area contributed by atoms with E-state index in [9.17, 15) is 19.7 Å². The number of amides is 1. The van der Waals surface area contributed by atoms with Crippen LogP contribution in [0.25, 0.3) is 0 Å². The second-order valence-electron chi connectivity index (χ2n) is 4.42. The van der Waals surface area contributed by atoms with Crippen LogP contribution in [0.5, 0.6) is 0 Å². The minimum Gasteiger partial charge on any atom is -0.481 e. The minimum atomic E-state index is -0.966. The molecular weight excluding hydrogens is 280 g/mol. The van der Waals surface area contributed by atoms with Crippen molar-refractivity contribution in [3.8, 4) is 0 Å². The van der Waals surface area contributed by atoms with E-state index < -0.39 is 22.7 Å². The fourth-order valence-electron chi connectivity index (χ4n) is 1.76. The monoisotopic (exact) mass is 296 g/mol. The van der Waals surface area contributed by atoms with Gasteiger partial charge in [0.25, 0.3) is 11.6 Å². The van der Waals surface area contributed by atoms with Gasteiger partial charge in [0.05, 0.1) is 16.4 Å². The Morgan fingerprint density at radius 3 is 2.71 bits per heavy atom. The van der Waals surface area contributed by atoms with Crippen molar-refractivity contribution in [2.24, 2.45) is 11.7 Å². The van der Waals surface area contributed by atoms with Crippen molar-refractivity contribution in [3.05, 3.63) is 27.9 Å². The molecule has 0 spiro atoms. The highest BCUT2D eigenvalue weighted by atomic mass is 16.6. The molecule has 1 unspecified atom stereocenters. The van der Waals surface area contributed by atoms with Crippen LogP contribution in [0, 0.1) is 16.0 Å². The number of aromatic nitrogens is 1. The first-order chi connectivity index (χ1) is 9.86. The number of hydrogen-bond acceptors (Lipinski definition) is 6. The minimum absolute atomic E-state index is 0.0375. The van der Waals surface area contributed by atoms with Gasteiger partial charge in [-0.3, -0.25) is 19.7 Å². The van der Waals surface area contributed by atoms with Gasteiger partial charge in [-0.05, 0) is 6.42 Å². The molecule has 21 heavy (non-hydrogen) atoms. The average Bonchev–Trinajstić information content (AvgIpc) is 2.42. The number of carbonyl (C=O) groups is 2. The lowest BCUT2D eigenvalue weighted by Crippen LogP contribution is -2.24. The quantitative estimate of drug-likeness (QED) is 0.478. The third-order valence-corrected chi connectivity index (χ3v) is 2.85. The van der Waals surface area contributed by atoms with Gasteiger partial charge in [0, 0.05) is 12.6 Å². The number of nitrogens with one attached hydrogen (secondary N) is 1. The second-order valence-corrected chi connectivity index (χ2v) is 4.42. The Hall–Kier alpha value is -2.71. The van der Waals surface area contributed by atoms with Crippen molar-refractivity contribution in [2.75, 3.05) is 11.9 Å². The lowest BCUT2D eigenvalue weighted by molar-refractivity contribution is -0.385. The lowest BCUT2D eigenvalue weighted by atomic mass is 10.0. The normalized spacial score (nSPS) is 11.7. The Bertz CT molecular complexity index is 561. The first-order valence-electron chi connectivity index (χ1n) is 6.27. The number of nitro groups is 1. The smallest absolute Gasteiger partial charge is 0.308 e. The first kappa shape index (κ1) is 16.3. The molecule has 0 bridgehead atoms. The molecule has 1 heterocycles. The molecule has 114 valence electrons. The summed E-state index contributed by atoms with van der Waals surface area (Å²) in [5.41, 5.74) is 4.64. The number of nitrogens with zero attached hydrogens (tertiary/aromatic N) is 2. The van der Waals surface area contributed by atoms with E-state index in [0.29, 0.717) is 12.8 Å². The highest BCUT2D eigenvalue weighted by molar-refractivity contribution is 5.98. The third kappa shape index (κ3) is 4.41. The molecular formula is C12H16N4O5. The maximum Gasteiger partial charge on any atom is 0.308 e. The molecule has 1 atom stereocenters. The fraction of sp³-hybridized carbons (Fsp3) is 0.417. The summed E-state index contributed by atoms with van der Waals surface area (Å²) >= 11 is 0. The molecule has 1 aromatic heterocycles. The van der Waals surface area contributed by atoms with E-state index in [1.54, 1.807) is 0 Å². The van der Waals surface area contributed by atoms with E-state index in [-0.39, 0.29) is 23.6 Å². The number of anilines is 1. The Labute approximate surface area is 120 Å². The van der Waals surface area contributed by atoms with Gasteiger partial charge in [-0.25, -0.2) is 4.98 Å². The van der Waals surface area contributed by atoms with Gasteiger partial charge in [0.15, 0.2) is 0 Å². The molecule has 0 aliphatic carbocycles. The summed E-state index contributed by atoms with van der Waals surface area (Å²) < 4.78 is 0. The number of primary amides is 1. The number of carboxylic acid groups (broad SMARTS) is 1. The topological polar surface area (TPSA) is 148 Å². The maximum atomic E-state index is 11.3. The van der Waals surface area contributed by atoms with Crippen LogP contribution in [-0.2, 0) is 4.79 Å². The van der Waals surface area contributed by atoms with Crippen LogP contribution >= 0.6 is 0 Å². The summed E-state index contributed by atoms with van der Waals surface area (Å²) in [6, 6.07) is 1.01. The van der Waals surface area contributed by atoms with Crippen LogP contribution in [0.3, 0.4) is 0 Å². The number of nitrogens with two attached hydrogens (primary N) is 1. The summed E-state index contributed by atoms with van der Waals surface area (Å²) in [4.78, 5) is 36.1. The molecule has 0 radical (unpaired) electrons. The molecule has 0 aliphatic rings. The van der Waals surface area contributed by atoms with Crippen molar-refractivity contribution in [1.82, 2.24) is 4.98 Å². The Morgan fingerprint density at radius 2 is 2.24 bits per heavy atom. The average molecular weight is 296 g/mol. The highest BCUT2D eigenvalue weighted by Gasteiger charge is 2.20. The highest BCUT2D eigenvalue weighted by Crippen LogP contribution is 2.19. The standard InChI is InChI=1S/C12H16N4O5/c1-2-3-7(12(18)19)5-14-11-9(10(13)17)4-8(6-15-11)16(20)21/h4,6-7H,2-3,5H2,1H3,(H2,13,17)(H,14,15)(H,18,19). The van der Waals surface area contributed by atoms with Gasteiger partial charge in [0.1, 0.15) is 12.0 Å². The number of rotatable bonds is 8. The molecule has 0 aromatic carbocycles. The fourth-order valence-corrected chi connectivity index (χ4v) is 1.76. The summed E-state index contributed by atoms with van der Waals surface area (Å²) in [5.74, 6) is -2.45. The Morgan fingerprint density at radius 1 is 1.57 bits per heavy atom. The van der Waals surface area contributed by atoms with E-state index in [2.05, 4.69) is 10.3 Å². The second kappa shape index (κ2) is 7.17. The first-order valence-corrected chi connectivity index (χ1v) is 6.27. The van der Waals surface area contributed by atoms with Crippen LogP contribution in [0.4, 0.5) is 11.5 Å². The van der Waals surface area contributed by atoms with Crippen molar-refractivity contribution in [2.45, 2.75) is 19.8 Å². The van der Waals surface area contributed by atoms with Gasteiger partial charge in [-0.15, -0.1) is 0 Å². The van der Waals surface area contributed by atoms with E-state index in [4.69, 9.17) is 10.8 Å². The summed E-state index contributed by atoms with van der Waals surface area (Å²) in [6.07, 6.45) is 2.13. The van der Waals surface area contributed by atoms with E-state index in [1.165, 1.54) is 0 Å². The number of carboxylic acids is 1. The molecule has 0 aliphatic heterocycles. The van der Waals surface area contributed by atoms with Gasteiger partial charge in [-0.2, -0.15) is 0 Å². The van der Waals surface area contributed by atoms with Crippen LogP contribution in [0.15, 0.2) is 12.3 Å². The molecule has 0 fully saturated rings. The molecule has 0 saturated heterocycles. The van der Waals surface area contributed by atoms with Crippen molar-refractivity contribution < 1.29 is 19.6 Å². The third-order valence-electron chi connectivity index (χ3n) is 2.85. The summed E-state index contributed by atoms with van der Waals surface area (Å²) in [7, 11) is 0. The Kier molecular flexibility index (Phi) is 5.58. The molecule has 1 amide bonds. The predicted molar refractivity (Wildman–Crippen MR) is 73.9 cm³/mol. The van der Waals surface area contributed by atoms with Gasteiger partial charge < -0.3 is 16.2 Å². The van der Waals surface area contributed by atoms with Crippen molar-refractivity contribution in [1.29, 1.82) is 0 Å². The molecule has 4 N–H and O–H groups in total. The molecule has 1 aromatic rings. The number of aliphatic carboxylic acids is 1. The zero-order chi connectivity index (χ0) is 16.0. The van der Waals surface area contributed by atoms with Crippen LogP contribution < -0.4 is 11.1 Å². The molecule has 0 saturated carbocycles. The van der Waals surface area contributed by atoms with Gasteiger partial charge in [-0.1, -0.05) is 13.3 Å². The lowest BCUT2D eigenvalue weighted by Gasteiger charge is -2.14. The van der Waals surface area contributed by atoms with Crippen LogP contribution in [0.1, 0.15) is 30.1 Å². The van der Waals surface area contributed by atoms with Crippen LogP contribution in [-0.4, -0.2) is 33.4 Å². The summed E-state index contributed by atoms with van der Waals surface area (Å²) in [5, 5.41) is 22.4. The van der Waals surface area contributed by atoms with Crippen molar-refractivity contribution in [3.63, 3.8) is 0 Å². The van der Waals surface area contributed by atoms with Gasteiger partial charge in [0.2, 0.25) is 0 Å². The molecule has 1 rings (SSSR count). The van der Waals surface area contributed by atoms with Crippen LogP contribution in [0.2, 0.25) is 0 Å². The van der Waals surface area contributed by atoms with E-state index >= 15 is 0 Å². The summed E-state index contributed by atoms with van der Waals surface area (Å²) in [6.45, 7) is 1.91. The van der Waals surface area contributed by atoms with Gasteiger partial charge >= 0.3 is 5.97 Å². The SMILES string of the molecule is CCCC(CNc1ncc([N+](=O)[O-])cc1C(N)=O)C(=O)O.